The van der Waals surface area contributed by atoms with E-state index < -0.39 is 5.41 Å². The van der Waals surface area contributed by atoms with Gasteiger partial charge in [-0.1, -0.05) is 18.2 Å². The first kappa shape index (κ1) is 21.5. The van der Waals surface area contributed by atoms with Crippen LogP contribution in [0.2, 0.25) is 0 Å². The Kier molecular flexibility index (Phi) is 6.65. The number of amides is 1. The van der Waals surface area contributed by atoms with Crippen LogP contribution in [-0.2, 0) is 9.53 Å². The lowest BCUT2D eigenvalue weighted by Gasteiger charge is -2.40. The highest BCUT2D eigenvalue weighted by atomic mass is 32.1. The zero-order valence-corrected chi connectivity index (χ0v) is 18.4. The molecule has 1 amide bonds. The lowest BCUT2D eigenvalue weighted by atomic mass is 9.77. The van der Waals surface area contributed by atoms with Crippen LogP contribution in [0, 0.1) is 5.41 Å². The number of para-hydroxylation sites is 1. The van der Waals surface area contributed by atoms with E-state index in [2.05, 4.69) is 0 Å². The van der Waals surface area contributed by atoms with Gasteiger partial charge >= 0.3 is 5.97 Å². The van der Waals surface area contributed by atoms with Crippen molar-refractivity contribution in [3.63, 3.8) is 0 Å². The van der Waals surface area contributed by atoms with Gasteiger partial charge in [0, 0.05) is 18.5 Å². The molecule has 2 aromatic rings. The second-order valence-electron chi connectivity index (χ2n) is 7.70. The highest BCUT2D eigenvalue weighted by Gasteiger charge is 2.45. The summed E-state index contributed by atoms with van der Waals surface area (Å²) in [6, 6.07) is 9.51. The maximum Gasteiger partial charge on any atom is 0.314 e. The largest absolute Gasteiger partial charge is 0.494 e. The molecule has 1 atom stereocenters. The topological polar surface area (TPSA) is 74.3 Å². The molecule has 0 saturated carbocycles. The second kappa shape index (κ2) is 9.60. The highest BCUT2D eigenvalue weighted by molar-refractivity contribution is 7.12. The van der Waals surface area contributed by atoms with Crippen LogP contribution < -0.4 is 14.2 Å². The summed E-state index contributed by atoms with van der Waals surface area (Å²) < 4.78 is 22.5. The lowest BCUT2D eigenvalue weighted by Crippen LogP contribution is -2.51. The molecule has 31 heavy (non-hydrogen) atoms. The molecule has 0 radical (unpaired) electrons. The first-order valence-electron chi connectivity index (χ1n) is 10.6. The van der Waals surface area contributed by atoms with Crippen molar-refractivity contribution in [2.75, 3.05) is 39.5 Å². The van der Waals surface area contributed by atoms with Crippen LogP contribution in [0.25, 0.3) is 0 Å². The zero-order chi connectivity index (χ0) is 21.7. The van der Waals surface area contributed by atoms with E-state index >= 15 is 0 Å². The predicted molar refractivity (Wildman–Crippen MR) is 116 cm³/mol. The number of thiophene rings is 1. The molecule has 166 valence electrons. The Labute approximate surface area is 185 Å². The number of carbonyl (C=O) groups excluding carboxylic acids is 2. The van der Waals surface area contributed by atoms with E-state index in [-0.39, 0.29) is 11.9 Å². The maximum absolute atomic E-state index is 13.3. The quantitative estimate of drug-likeness (QED) is 0.604. The molecule has 1 saturated heterocycles. The third kappa shape index (κ3) is 4.63. The second-order valence-corrected chi connectivity index (χ2v) is 8.58. The molecule has 0 aliphatic carbocycles. The number of hydrogen-bond donors (Lipinski definition) is 0. The molecule has 0 N–H and O–H groups in total. The monoisotopic (exact) mass is 445 g/mol. The van der Waals surface area contributed by atoms with Crippen LogP contribution in [0.5, 0.6) is 17.2 Å². The Morgan fingerprint density at radius 2 is 2.00 bits per heavy atom. The Morgan fingerprint density at radius 1 is 1.19 bits per heavy atom. The number of esters is 1. The molecule has 2 aliphatic rings. The van der Waals surface area contributed by atoms with Crippen molar-refractivity contribution in [3.8, 4) is 17.2 Å². The minimum absolute atomic E-state index is 0.130. The lowest BCUT2D eigenvalue weighted by molar-refractivity contribution is -0.159. The fourth-order valence-electron chi connectivity index (χ4n) is 4.10. The third-order valence-electron chi connectivity index (χ3n) is 5.66. The Bertz CT molecular complexity index is 914. The molecule has 0 bridgehead atoms. The van der Waals surface area contributed by atoms with Crippen molar-refractivity contribution in [1.29, 1.82) is 0 Å². The van der Waals surface area contributed by atoms with Crippen molar-refractivity contribution >= 4 is 23.2 Å². The fraction of sp³-hybridized carbons (Fsp3) is 0.478. The van der Waals surface area contributed by atoms with Crippen LogP contribution in [0.15, 0.2) is 35.7 Å². The minimum Gasteiger partial charge on any atom is -0.494 e. The standard InChI is InChI=1S/C23H27NO6S/c1-2-27-22(26)23(10-12-28-17-7-4-3-5-8-17)9-6-11-24(16-23)21(25)20-19-18(15-31-20)29-13-14-30-19/h3-5,7-8,15H,2,6,9-14,16H2,1H3/t23-/m0/s1. The molecule has 1 aromatic heterocycles. The van der Waals surface area contributed by atoms with Gasteiger partial charge in [0.15, 0.2) is 11.5 Å². The number of nitrogens with zero attached hydrogens (tertiary/aromatic N) is 1. The van der Waals surface area contributed by atoms with Gasteiger partial charge in [-0.05, 0) is 38.3 Å². The molecule has 4 rings (SSSR count). The number of carbonyl (C=O) groups is 2. The summed E-state index contributed by atoms with van der Waals surface area (Å²) in [5, 5.41) is 1.80. The third-order valence-corrected chi connectivity index (χ3v) is 6.59. The molecular formula is C23H27NO6S. The average molecular weight is 446 g/mol. The van der Waals surface area contributed by atoms with Crippen molar-refractivity contribution < 1.29 is 28.5 Å². The summed E-state index contributed by atoms with van der Waals surface area (Å²) in [7, 11) is 0. The summed E-state index contributed by atoms with van der Waals surface area (Å²) in [6.07, 6.45) is 1.86. The number of rotatable bonds is 7. The fourth-order valence-corrected chi connectivity index (χ4v) is 4.99. The van der Waals surface area contributed by atoms with Crippen molar-refractivity contribution in [3.05, 3.63) is 40.6 Å². The van der Waals surface area contributed by atoms with E-state index in [0.717, 1.165) is 12.2 Å². The van der Waals surface area contributed by atoms with Crippen molar-refractivity contribution in [2.45, 2.75) is 26.2 Å². The van der Waals surface area contributed by atoms with E-state index in [1.807, 2.05) is 30.3 Å². The number of piperidine rings is 1. The molecular weight excluding hydrogens is 418 g/mol. The number of likely N-dealkylation sites (tertiary alicyclic amines) is 1. The van der Waals surface area contributed by atoms with Gasteiger partial charge in [0.25, 0.3) is 5.91 Å². The van der Waals surface area contributed by atoms with Gasteiger partial charge in [0.1, 0.15) is 23.8 Å². The van der Waals surface area contributed by atoms with E-state index in [1.54, 1.807) is 17.2 Å². The number of hydrogen-bond acceptors (Lipinski definition) is 7. The summed E-state index contributed by atoms with van der Waals surface area (Å²) in [6.45, 7) is 4.27. The van der Waals surface area contributed by atoms with Gasteiger partial charge in [-0.15, -0.1) is 11.3 Å². The molecule has 8 heteroatoms. The first-order valence-corrected chi connectivity index (χ1v) is 11.5. The van der Waals surface area contributed by atoms with Crippen LogP contribution in [-0.4, -0.2) is 56.3 Å². The van der Waals surface area contributed by atoms with Crippen LogP contribution in [0.4, 0.5) is 0 Å². The van der Waals surface area contributed by atoms with Crippen molar-refractivity contribution in [2.24, 2.45) is 5.41 Å². The molecule has 7 nitrogen and oxygen atoms in total. The molecule has 0 unspecified atom stereocenters. The van der Waals surface area contributed by atoms with Gasteiger partial charge in [0.2, 0.25) is 0 Å². The molecule has 2 aliphatic heterocycles. The van der Waals surface area contributed by atoms with Gasteiger partial charge in [-0.3, -0.25) is 9.59 Å². The first-order chi connectivity index (χ1) is 15.1. The van der Waals surface area contributed by atoms with Gasteiger partial charge in [0.05, 0.1) is 18.6 Å². The van der Waals surface area contributed by atoms with E-state index in [1.165, 1.54) is 11.3 Å². The molecule has 1 aromatic carbocycles. The zero-order valence-electron chi connectivity index (χ0n) is 17.6. The summed E-state index contributed by atoms with van der Waals surface area (Å²) in [5.74, 6) is 1.49. The summed E-state index contributed by atoms with van der Waals surface area (Å²) in [4.78, 5) is 28.6. The predicted octanol–water partition coefficient (Wildman–Crippen LogP) is 3.77. The van der Waals surface area contributed by atoms with Crippen LogP contribution >= 0.6 is 11.3 Å². The summed E-state index contributed by atoms with van der Waals surface area (Å²) >= 11 is 1.32. The van der Waals surface area contributed by atoms with E-state index in [0.29, 0.717) is 68.7 Å². The van der Waals surface area contributed by atoms with E-state index in [9.17, 15) is 9.59 Å². The van der Waals surface area contributed by atoms with Crippen LogP contribution in [0.1, 0.15) is 35.9 Å². The maximum atomic E-state index is 13.3. The Balaban J connectivity index is 1.49. The number of benzene rings is 1. The van der Waals surface area contributed by atoms with E-state index in [4.69, 9.17) is 18.9 Å². The number of ether oxygens (including phenoxy) is 4. The van der Waals surface area contributed by atoms with Crippen molar-refractivity contribution in [1.82, 2.24) is 4.90 Å². The molecule has 0 spiro atoms. The van der Waals surface area contributed by atoms with Gasteiger partial charge in [-0.25, -0.2) is 0 Å². The Hall–Kier alpha value is -2.74. The normalized spacial score (nSPS) is 20.2. The SMILES string of the molecule is CCOC(=O)[C@]1(CCOc2ccccc2)CCCN(C(=O)c2scc3c2OCCO3)C1. The Morgan fingerprint density at radius 3 is 2.81 bits per heavy atom. The number of fused-ring (bicyclic) bond motifs is 1. The molecule has 1 fully saturated rings. The molecule has 3 heterocycles. The van der Waals surface area contributed by atoms with Crippen LogP contribution in [0.3, 0.4) is 0 Å². The smallest absolute Gasteiger partial charge is 0.314 e. The van der Waals surface area contributed by atoms with Gasteiger partial charge < -0.3 is 23.8 Å². The summed E-state index contributed by atoms with van der Waals surface area (Å²) in [5.41, 5.74) is -0.784. The highest BCUT2D eigenvalue weighted by Crippen LogP contribution is 2.42. The van der Waals surface area contributed by atoms with Gasteiger partial charge in [-0.2, -0.15) is 0 Å². The average Bonchev–Trinajstić information content (AvgIpc) is 3.24. The minimum atomic E-state index is -0.784.